The fraction of sp³-hybridized carbons (Fsp3) is 0.970. The third-order valence-electron chi connectivity index (χ3n) is 15.7. The van der Waals surface area contributed by atoms with Crippen LogP contribution in [0.15, 0.2) is 0 Å². The van der Waals surface area contributed by atoms with Crippen LogP contribution in [0.25, 0.3) is 0 Å². The van der Waals surface area contributed by atoms with Crippen molar-refractivity contribution in [3.63, 3.8) is 0 Å². The van der Waals surface area contributed by atoms with Crippen LogP contribution >= 0.6 is 7.82 Å². The molecule has 0 aromatic heterocycles. The van der Waals surface area contributed by atoms with Crippen molar-refractivity contribution in [2.45, 2.75) is 386 Å². The third kappa shape index (κ3) is 62.2. The molecule has 0 spiro atoms. The van der Waals surface area contributed by atoms with Crippen LogP contribution in [0.4, 0.5) is 0 Å². The second-order valence-corrected chi connectivity index (χ2v) is 24.9. The van der Waals surface area contributed by atoms with Gasteiger partial charge in [-0.1, -0.05) is 354 Å². The van der Waals surface area contributed by atoms with E-state index in [4.69, 9.17) is 24.3 Å². The van der Waals surface area contributed by atoms with E-state index in [0.29, 0.717) is 12.8 Å². The first-order valence-electron chi connectivity index (χ1n) is 34.0. The van der Waals surface area contributed by atoms with Gasteiger partial charge in [0.25, 0.3) is 0 Å². The molecule has 2 unspecified atom stereocenters. The summed E-state index contributed by atoms with van der Waals surface area (Å²) in [6, 6.07) is 0. The molecule has 0 fully saturated rings. The SMILES string of the molecule is CCCCCCCCCCCCCCCCCCCCCCCCCCCCCCCCCCC(=O)OC(COC(=O)CCCCCCCCCCCCCCCCCCCCCCCCC)COP(=O)(O)OCCN. The number of phosphoric acid groups is 1. The largest absolute Gasteiger partial charge is 0.472 e. The summed E-state index contributed by atoms with van der Waals surface area (Å²) in [5, 5.41) is 0. The molecule has 0 aliphatic heterocycles. The van der Waals surface area contributed by atoms with Gasteiger partial charge in [-0.15, -0.1) is 0 Å². The van der Waals surface area contributed by atoms with Crippen LogP contribution in [0, 0.1) is 0 Å². The summed E-state index contributed by atoms with van der Waals surface area (Å²) in [7, 11) is -4.38. The number of nitrogens with two attached hydrogens (primary N) is 1. The first-order chi connectivity index (χ1) is 37.3. The molecule has 9 nitrogen and oxygen atoms in total. The monoisotopic (exact) mass is 1100 g/mol. The van der Waals surface area contributed by atoms with Crippen LogP contribution in [0.2, 0.25) is 0 Å². The summed E-state index contributed by atoms with van der Waals surface area (Å²) in [4.78, 5) is 35.3. The van der Waals surface area contributed by atoms with Crippen molar-refractivity contribution in [1.82, 2.24) is 0 Å². The molecular formula is C66H132NO8P. The molecule has 0 amide bonds. The van der Waals surface area contributed by atoms with Gasteiger partial charge in [0.2, 0.25) is 0 Å². The number of hydrogen-bond acceptors (Lipinski definition) is 8. The van der Waals surface area contributed by atoms with E-state index in [1.54, 1.807) is 0 Å². The fourth-order valence-electron chi connectivity index (χ4n) is 10.7. The van der Waals surface area contributed by atoms with Gasteiger partial charge in [-0.3, -0.25) is 18.6 Å². The normalized spacial score (nSPS) is 12.8. The summed E-state index contributed by atoms with van der Waals surface area (Å²) in [6.07, 6.45) is 73.4. The number of esters is 2. The molecule has 454 valence electrons. The van der Waals surface area contributed by atoms with Crippen LogP contribution in [-0.4, -0.2) is 49.3 Å². The van der Waals surface area contributed by atoms with Crippen molar-refractivity contribution in [3.8, 4) is 0 Å². The van der Waals surface area contributed by atoms with E-state index in [1.165, 1.54) is 315 Å². The Morgan fingerprint density at radius 1 is 0.342 bits per heavy atom. The number of carbonyl (C=O) groups excluding carboxylic acids is 2. The van der Waals surface area contributed by atoms with Gasteiger partial charge in [0, 0.05) is 19.4 Å². The van der Waals surface area contributed by atoms with Gasteiger partial charge in [0.1, 0.15) is 6.61 Å². The average molecular weight is 1100 g/mol. The molecule has 10 heteroatoms. The molecule has 0 aliphatic carbocycles. The number of unbranched alkanes of at least 4 members (excludes halogenated alkanes) is 53. The van der Waals surface area contributed by atoms with Gasteiger partial charge in [0.05, 0.1) is 13.2 Å². The van der Waals surface area contributed by atoms with Crippen LogP contribution in [0.1, 0.15) is 380 Å². The van der Waals surface area contributed by atoms with E-state index < -0.39 is 26.5 Å². The number of hydrogen-bond donors (Lipinski definition) is 2. The molecule has 0 aliphatic rings. The van der Waals surface area contributed by atoms with E-state index in [2.05, 4.69) is 13.8 Å². The zero-order chi connectivity index (χ0) is 55.2. The predicted molar refractivity (Wildman–Crippen MR) is 326 cm³/mol. The topological polar surface area (TPSA) is 134 Å². The Bertz CT molecular complexity index is 1210. The van der Waals surface area contributed by atoms with Crippen LogP contribution < -0.4 is 5.73 Å². The molecule has 0 bridgehead atoms. The minimum absolute atomic E-state index is 0.0588. The third-order valence-corrected chi connectivity index (χ3v) is 16.7. The van der Waals surface area contributed by atoms with E-state index in [9.17, 15) is 19.0 Å². The lowest BCUT2D eigenvalue weighted by atomic mass is 10.0. The van der Waals surface area contributed by atoms with E-state index in [0.717, 1.165) is 32.1 Å². The Kier molecular flexibility index (Phi) is 62.4. The first kappa shape index (κ1) is 75.0. The lowest BCUT2D eigenvalue weighted by Gasteiger charge is -2.19. The van der Waals surface area contributed by atoms with Gasteiger partial charge in [-0.05, 0) is 12.8 Å². The smallest absolute Gasteiger partial charge is 0.462 e. The predicted octanol–water partition coefficient (Wildman–Crippen LogP) is 21.8. The highest BCUT2D eigenvalue weighted by Gasteiger charge is 2.26. The number of phosphoric ester groups is 1. The van der Waals surface area contributed by atoms with Crippen LogP contribution in [0.3, 0.4) is 0 Å². The zero-order valence-electron chi connectivity index (χ0n) is 51.0. The van der Waals surface area contributed by atoms with Gasteiger partial charge in [-0.2, -0.15) is 0 Å². The molecule has 0 rings (SSSR count). The summed E-state index contributed by atoms with van der Waals surface area (Å²) < 4.78 is 33.2. The summed E-state index contributed by atoms with van der Waals surface area (Å²) in [5.41, 5.74) is 5.40. The number of rotatable bonds is 66. The first-order valence-corrected chi connectivity index (χ1v) is 35.5. The Morgan fingerprint density at radius 3 is 0.803 bits per heavy atom. The molecular weight excluding hydrogens is 966 g/mol. The van der Waals surface area contributed by atoms with Gasteiger partial charge in [-0.25, -0.2) is 4.57 Å². The molecule has 0 aromatic carbocycles. The summed E-state index contributed by atoms with van der Waals surface area (Å²) >= 11 is 0. The molecule has 76 heavy (non-hydrogen) atoms. The maximum absolute atomic E-state index is 12.7. The minimum atomic E-state index is -4.38. The highest BCUT2D eigenvalue weighted by atomic mass is 31.2. The minimum Gasteiger partial charge on any atom is -0.462 e. The zero-order valence-corrected chi connectivity index (χ0v) is 51.9. The van der Waals surface area contributed by atoms with Crippen molar-refractivity contribution in [1.29, 1.82) is 0 Å². The Morgan fingerprint density at radius 2 is 0.566 bits per heavy atom. The molecule has 0 radical (unpaired) electrons. The van der Waals surface area contributed by atoms with Gasteiger partial charge < -0.3 is 20.1 Å². The molecule has 0 saturated carbocycles. The lowest BCUT2D eigenvalue weighted by molar-refractivity contribution is -0.161. The highest BCUT2D eigenvalue weighted by Crippen LogP contribution is 2.43. The van der Waals surface area contributed by atoms with Gasteiger partial charge in [0.15, 0.2) is 6.10 Å². The summed E-state index contributed by atoms with van der Waals surface area (Å²) in [6.45, 7) is 3.84. The maximum Gasteiger partial charge on any atom is 0.472 e. The average Bonchev–Trinajstić information content (AvgIpc) is 3.41. The Hall–Kier alpha value is -0.990. The molecule has 0 aromatic rings. The Balaban J connectivity index is 3.80. The number of carbonyl (C=O) groups is 2. The van der Waals surface area contributed by atoms with Crippen molar-refractivity contribution < 1.29 is 37.6 Å². The van der Waals surface area contributed by atoms with E-state index >= 15 is 0 Å². The number of ether oxygens (including phenoxy) is 2. The molecule has 0 heterocycles. The van der Waals surface area contributed by atoms with Gasteiger partial charge >= 0.3 is 19.8 Å². The standard InChI is InChI=1S/C66H132NO8P/c1-3-5-7-9-11-13-15-17-19-21-23-25-27-28-29-30-31-32-33-34-35-37-39-41-43-45-47-49-51-53-55-57-59-66(69)75-64(63-74-76(70,71)73-61-60-67)62-72-65(68)58-56-54-52-50-48-46-44-42-40-38-36-26-24-22-20-18-16-14-12-10-8-6-4-2/h64H,3-63,67H2,1-2H3,(H,70,71). The van der Waals surface area contributed by atoms with Crippen LogP contribution in [-0.2, 0) is 32.7 Å². The van der Waals surface area contributed by atoms with Crippen molar-refractivity contribution >= 4 is 19.8 Å². The van der Waals surface area contributed by atoms with E-state index in [1.807, 2.05) is 0 Å². The van der Waals surface area contributed by atoms with Crippen molar-refractivity contribution in [3.05, 3.63) is 0 Å². The maximum atomic E-state index is 12.7. The second kappa shape index (κ2) is 63.2. The fourth-order valence-corrected chi connectivity index (χ4v) is 11.5. The molecule has 2 atom stereocenters. The molecule has 0 saturated heterocycles. The highest BCUT2D eigenvalue weighted by molar-refractivity contribution is 7.47. The van der Waals surface area contributed by atoms with E-state index in [-0.39, 0.29) is 32.1 Å². The quantitative estimate of drug-likeness (QED) is 0.0347. The summed E-state index contributed by atoms with van der Waals surface area (Å²) in [5.74, 6) is -0.798. The van der Waals surface area contributed by atoms with Crippen molar-refractivity contribution in [2.75, 3.05) is 26.4 Å². The molecule has 3 N–H and O–H groups in total. The van der Waals surface area contributed by atoms with Crippen LogP contribution in [0.5, 0.6) is 0 Å². The second-order valence-electron chi connectivity index (χ2n) is 23.4. The Labute approximate surface area is 473 Å². The van der Waals surface area contributed by atoms with Crippen molar-refractivity contribution in [2.24, 2.45) is 5.73 Å². The lowest BCUT2D eigenvalue weighted by Crippen LogP contribution is -2.29.